The number of benzene rings is 1. The van der Waals surface area contributed by atoms with Crippen molar-refractivity contribution in [1.29, 1.82) is 0 Å². The zero-order valence-corrected chi connectivity index (χ0v) is 9.74. The first-order valence-corrected chi connectivity index (χ1v) is 5.59. The van der Waals surface area contributed by atoms with Gasteiger partial charge in [-0.1, -0.05) is 35.5 Å². The van der Waals surface area contributed by atoms with Crippen LogP contribution in [0.4, 0.5) is 0 Å². The molecule has 1 atom stereocenters. The molecule has 4 N–H and O–H groups in total. The van der Waals surface area contributed by atoms with Crippen LogP contribution in [-0.2, 0) is 6.42 Å². The number of nitrogens with zero attached hydrogens (tertiary/aromatic N) is 2. The zero-order valence-electron chi connectivity index (χ0n) is 9.74. The van der Waals surface area contributed by atoms with Crippen molar-refractivity contribution in [3.05, 3.63) is 47.6 Å². The van der Waals surface area contributed by atoms with Crippen LogP contribution < -0.4 is 11.5 Å². The molecule has 0 radical (unpaired) electrons. The number of hydrogen-bond acceptors (Lipinski definition) is 5. The van der Waals surface area contributed by atoms with E-state index in [-0.39, 0.29) is 11.7 Å². The van der Waals surface area contributed by atoms with E-state index in [1.54, 1.807) is 0 Å². The van der Waals surface area contributed by atoms with Gasteiger partial charge in [0, 0.05) is 0 Å². The van der Waals surface area contributed by atoms with Crippen LogP contribution in [0, 0.1) is 0 Å². The van der Waals surface area contributed by atoms with Gasteiger partial charge in [-0.05, 0) is 18.4 Å². The van der Waals surface area contributed by atoms with E-state index in [4.69, 9.17) is 16.0 Å². The Morgan fingerprint density at radius 2 is 2.06 bits per heavy atom. The Labute approximate surface area is 104 Å². The number of carbonyl (C=O) groups excluding carboxylic acids is 1. The highest BCUT2D eigenvalue weighted by Gasteiger charge is 2.17. The lowest BCUT2D eigenvalue weighted by molar-refractivity contribution is 0.0987. The number of rotatable bonds is 5. The van der Waals surface area contributed by atoms with E-state index in [1.165, 1.54) is 5.56 Å². The summed E-state index contributed by atoms with van der Waals surface area (Å²) in [6.45, 7) is 0. The number of primary amides is 1. The first kappa shape index (κ1) is 12.3. The van der Waals surface area contributed by atoms with Crippen LogP contribution in [0.5, 0.6) is 0 Å². The normalized spacial score (nSPS) is 12.3. The fraction of sp³-hybridized carbons (Fsp3) is 0.250. The van der Waals surface area contributed by atoms with Gasteiger partial charge >= 0.3 is 0 Å². The van der Waals surface area contributed by atoms with Crippen LogP contribution in [0.2, 0.25) is 0 Å². The van der Waals surface area contributed by atoms with Crippen molar-refractivity contribution in [3.63, 3.8) is 0 Å². The molecule has 0 aliphatic rings. The molecule has 0 bridgehead atoms. The predicted octanol–water partition coefficient (Wildman–Crippen LogP) is 0.801. The summed E-state index contributed by atoms with van der Waals surface area (Å²) in [4.78, 5) is 14.7. The maximum Gasteiger partial charge on any atom is 0.290 e. The summed E-state index contributed by atoms with van der Waals surface area (Å²) in [5, 5.41) is 3.45. The smallest absolute Gasteiger partial charge is 0.290 e. The third-order valence-corrected chi connectivity index (χ3v) is 2.57. The molecule has 1 amide bonds. The Morgan fingerprint density at radius 3 is 2.67 bits per heavy atom. The molecule has 18 heavy (non-hydrogen) atoms. The van der Waals surface area contributed by atoms with Crippen molar-refractivity contribution in [2.45, 2.75) is 18.9 Å². The van der Waals surface area contributed by atoms with Crippen LogP contribution in [-0.4, -0.2) is 16.0 Å². The molecule has 2 aromatic rings. The van der Waals surface area contributed by atoms with Gasteiger partial charge in [0.25, 0.3) is 11.7 Å². The highest BCUT2D eigenvalue weighted by atomic mass is 16.5. The van der Waals surface area contributed by atoms with Gasteiger partial charge in [-0.2, -0.15) is 4.98 Å². The zero-order chi connectivity index (χ0) is 13.0. The first-order valence-electron chi connectivity index (χ1n) is 5.59. The molecule has 1 aromatic heterocycles. The third kappa shape index (κ3) is 2.92. The van der Waals surface area contributed by atoms with Gasteiger partial charge in [-0.25, -0.2) is 0 Å². The van der Waals surface area contributed by atoms with E-state index in [1.807, 2.05) is 30.3 Å². The van der Waals surface area contributed by atoms with E-state index in [0.29, 0.717) is 6.42 Å². The molecule has 6 nitrogen and oxygen atoms in total. The summed E-state index contributed by atoms with van der Waals surface area (Å²) in [5.74, 6) is -0.625. The fourth-order valence-electron chi connectivity index (χ4n) is 1.58. The molecule has 0 unspecified atom stereocenters. The van der Waals surface area contributed by atoms with Crippen LogP contribution >= 0.6 is 0 Å². The largest absolute Gasteiger partial charge is 0.363 e. The Hall–Kier alpha value is -2.21. The van der Waals surface area contributed by atoms with Gasteiger partial charge in [0.2, 0.25) is 5.89 Å². The number of aromatic nitrogens is 2. The monoisotopic (exact) mass is 246 g/mol. The molecule has 2 rings (SSSR count). The molecular formula is C12H14N4O2. The summed E-state index contributed by atoms with van der Waals surface area (Å²) in [5.41, 5.74) is 12.1. The average molecular weight is 246 g/mol. The number of carbonyl (C=O) groups is 1. The van der Waals surface area contributed by atoms with Crippen molar-refractivity contribution in [2.24, 2.45) is 11.5 Å². The van der Waals surface area contributed by atoms with E-state index >= 15 is 0 Å². The maximum absolute atomic E-state index is 10.8. The summed E-state index contributed by atoms with van der Waals surface area (Å²) >= 11 is 0. The van der Waals surface area contributed by atoms with Gasteiger partial charge in [0.1, 0.15) is 0 Å². The first-order chi connectivity index (χ1) is 8.66. The summed E-state index contributed by atoms with van der Waals surface area (Å²) in [6.07, 6.45) is 1.46. The summed E-state index contributed by atoms with van der Waals surface area (Å²) in [6, 6.07) is 9.55. The highest BCUT2D eigenvalue weighted by Crippen LogP contribution is 2.14. The summed E-state index contributed by atoms with van der Waals surface area (Å²) in [7, 11) is 0. The van der Waals surface area contributed by atoms with Gasteiger partial charge in [0.05, 0.1) is 6.04 Å². The predicted molar refractivity (Wildman–Crippen MR) is 64.5 cm³/mol. The van der Waals surface area contributed by atoms with Crippen LogP contribution in [0.15, 0.2) is 34.9 Å². The molecule has 0 aliphatic heterocycles. The van der Waals surface area contributed by atoms with Crippen molar-refractivity contribution >= 4 is 5.91 Å². The van der Waals surface area contributed by atoms with Crippen LogP contribution in [0.25, 0.3) is 0 Å². The number of aryl methyl sites for hydroxylation is 1. The van der Waals surface area contributed by atoms with Gasteiger partial charge in [0.15, 0.2) is 0 Å². The topological polar surface area (TPSA) is 108 Å². The van der Waals surface area contributed by atoms with E-state index < -0.39 is 11.9 Å². The molecule has 0 saturated carbocycles. The molecule has 0 spiro atoms. The van der Waals surface area contributed by atoms with Crippen LogP contribution in [0.3, 0.4) is 0 Å². The quantitative estimate of drug-likeness (QED) is 0.811. The SMILES string of the molecule is NC(=O)c1noc([C@@H](N)CCc2ccccc2)n1. The minimum Gasteiger partial charge on any atom is -0.363 e. The lowest BCUT2D eigenvalue weighted by Crippen LogP contribution is -2.15. The van der Waals surface area contributed by atoms with E-state index in [2.05, 4.69) is 10.1 Å². The lowest BCUT2D eigenvalue weighted by Gasteiger charge is -2.06. The van der Waals surface area contributed by atoms with Crippen molar-refractivity contribution in [3.8, 4) is 0 Å². The second-order valence-electron chi connectivity index (χ2n) is 3.95. The third-order valence-electron chi connectivity index (χ3n) is 2.57. The molecular weight excluding hydrogens is 232 g/mol. The van der Waals surface area contributed by atoms with E-state index in [0.717, 1.165) is 6.42 Å². The van der Waals surface area contributed by atoms with Gasteiger partial charge in [-0.3, -0.25) is 4.79 Å². The van der Waals surface area contributed by atoms with Crippen molar-refractivity contribution < 1.29 is 9.32 Å². The molecule has 94 valence electrons. The second kappa shape index (κ2) is 5.42. The average Bonchev–Trinajstić information content (AvgIpc) is 2.87. The summed E-state index contributed by atoms with van der Waals surface area (Å²) < 4.78 is 4.89. The second-order valence-corrected chi connectivity index (χ2v) is 3.95. The fourth-order valence-corrected chi connectivity index (χ4v) is 1.58. The minimum atomic E-state index is -0.722. The standard InChI is InChI=1S/C12H14N4O2/c13-9(7-6-8-4-2-1-3-5-8)12-15-11(10(14)17)16-18-12/h1-5,9H,6-7,13H2,(H2,14,17)/t9-/m0/s1. The molecule has 0 fully saturated rings. The maximum atomic E-state index is 10.8. The number of amides is 1. The molecule has 1 heterocycles. The highest BCUT2D eigenvalue weighted by molar-refractivity contribution is 5.88. The number of nitrogens with two attached hydrogens (primary N) is 2. The molecule has 0 saturated heterocycles. The Balaban J connectivity index is 1.95. The molecule has 6 heteroatoms. The van der Waals surface area contributed by atoms with Gasteiger partial charge < -0.3 is 16.0 Å². The van der Waals surface area contributed by atoms with Gasteiger partial charge in [-0.15, -0.1) is 0 Å². The Bertz CT molecular complexity index is 524. The minimum absolute atomic E-state index is 0.139. The van der Waals surface area contributed by atoms with Crippen LogP contribution in [0.1, 0.15) is 34.5 Å². The molecule has 1 aromatic carbocycles. The van der Waals surface area contributed by atoms with Crippen molar-refractivity contribution in [2.75, 3.05) is 0 Å². The van der Waals surface area contributed by atoms with Crippen molar-refractivity contribution in [1.82, 2.24) is 10.1 Å². The Kier molecular flexibility index (Phi) is 3.69. The Morgan fingerprint density at radius 1 is 1.33 bits per heavy atom. The number of hydrogen-bond donors (Lipinski definition) is 2. The van der Waals surface area contributed by atoms with E-state index in [9.17, 15) is 4.79 Å². The molecule has 0 aliphatic carbocycles. The lowest BCUT2D eigenvalue weighted by atomic mass is 10.1.